The predicted octanol–water partition coefficient (Wildman–Crippen LogP) is 4.25. The van der Waals surface area contributed by atoms with Crippen LogP contribution >= 0.6 is 24.0 Å². The minimum atomic E-state index is 0. The van der Waals surface area contributed by atoms with Crippen molar-refractivity contribution in [3.05, 3.63) is 29.8 Å². The molecule has 1 aliphatic rings. The molecule has 0 saturated carbocycles. The van der Waals surface area contributed by atoms with Gasteiger partial charge >= 0.3 is 0 Å². The minimum Gasteiger partial charge on any atom is -0.497 e. The van der Waals surface area contributed by atoms with Crippen molar-refractivity contribution in [1.29, 1.82) is 0 Å². The van der Waals surface area contributed by atoms with E-state index < -0.39 is 0 Å². The van der Waals surface area contributed by atoms with Gasteiger partial charge in [-0.2, -0.15) is 0 Å². The topological polar surface area (TPSA) is 54.9 Å². The maximum atomic E-state index is 6.09. The SMILES string of the molecule is CCNC(=NCC1CCCOC1C(C)(C)C)NCCc1cccc(OC)c1.I. The summed E-state index contributed by atoms with van der Waals surface area (Å²) in [6.07, 6.45) is 3.52. The van der Waals surface area contributed by atoms with Gasteiger partial charge in [-0.15, -0.1) is 24.0 Å². The Morgan fingerprint density at radius 1 is 1.29 bits per heavy atom. The first-order valence-corrected chi connectivity index (χ1v) is 10.2. The van der Waals surface area contributed by atoms with E-state index in [9.17, 15) is 0 Å². The van der Waals surface area contributed by atoms with Gasteiger partial charge in [0.15, 0.2) is 5.96 Å². The van der Waals surface area contributed by atoms with Crippen molar-refractivity contribution in [1.82, 2.24) is 10.6 Å². The molecule has 5 nitrogen and oxygen atoms in total. The number of nitrogens with zero attached hydrogens (tertiary/aromatic N) is 1. The third-order valence-corrected chi connectivity index (χ3v) is 4.97. The molecule has 2 N–H and O–H groups in total. The summed E-state index contributed by atoms with van der Waals surface area (Å²) in [5.41, 5.74) is 1.41. The number of hydrogen-bond acceptors (Lipinski definition) is 3. The molecule has 1 heterocycles. The van der Waals surface area contributed by atoms with E-state index in [1.165, 1.54) is 12.0 Å². The highest BCUT2D eigenvalue weighted by molar-refractivity contribution is 14.0. The highest BCUT2D eigenvalue weighted by atomic mass is 127. The molecule has 2 rings (SSSR count). The normalized spacial score (nSPS) is 20.2. The van der Waals surface area contributed by atoms with Crippen LogP contribution in [0.3, 0.4) is 0 Å². The van der Waals surface area contributed by atoms with Crippen LogP contribution in [0, 0.1) is 11.3 Å². The summed E-state index contributed by atoms with van der Waals surface area (Å²) < 4.78 is 11.4. The van der Waals surface area contributed by atoms with E-state index in [0.29, 0.717) is 5.92 Å². The van der Waals surface area contributed by atoms with Crippen molar-refractivity contribution in [2.24, 2.45) is 16.3 Å². The van der Waals surface area contributed by atoms with Crippen molar-refractivity contribution in [2.45, 2.75) is 53.1 Å². The standard InChI is InChI=1S/C22H37N3O2.HI/c1-6-23-21(24-13-12-17-9-7-11-19(15-17)26-5)25-16-18-10-8-14-27-20(18)22(2,3)4;/h7,9,11,15,18,20H,6,8,10,12-14,16H2,1-5H3,(H2,23,24,25);1H. The lowest BCUT2D eigenvalue weighted by Crippen LogP contribution is -2.43. The smallest absolute Gasteiger partial charge is 0.191 e. The second kappa shape index (κ2) is 12.5. The Morgan fingerprint density at radius 2 is 2.07 bits per heavy atom. The van der Waals surface area contributed by atoms with Crippen LogP contribution in [-0.4, -0.2) is 45.4 Å². The fourth-order valence-corrected chi connectivity index (χ4v) is 3.69. The number of guanidine groups is 1. The van der Waals surface area contributed by atoms with Gasteiger partial charge in [0, 0.05) is 32.2 Å². The minimum absolute atomic E-state index is 0. The summed E-state index contributed by atoms with van der Waals surface area (Å²) in [7, 11) is 1.70. The van der Waals surface area contributed by atoms with Gasteiger partial charge in [0.25, 0.3) is 0 Å². The Kier molecular flexibility index (Phi) is 11.2. The van der Waals surface area contributed by atoms with Crippen molar-refractivity contribution < 1.29 is 9.47 Å². The van der Waals surface area contributed by atoms with E-state index in [2.05, 4.69) is 50.5 Å². The van der Waals surface area contributed by atoms with E-state index in [1.54, 1.807) is 7.11 Å². The Balaban J connectivity index is 0.00000392. The molecule has 6 heteroatoms. The molecular formula is C22H38IN3O2. The number of hydrogen-bond donors (Lipinski definition) is 2. The molecule has 0 amide bonds. The summed E-state index contributed by atoms with van der Waals surface area (Å²) in [6, 6.07) is 8.21. The summed E-state index contributed by atoms with van der Waals surface area (Å²) in [5, 5.41) is 6.82. The van der Waals surface area contributed by atoms with Crippen LogP contribution in [0.4, 0.5) is 0 Å². The zero-order valence-electron chi connectivity index (χ0n) is 18.1. The van der Waals surface area contributed by atoms with Gasteiger partial charge < -0.3 is 20.1 Å². The van der Waals surface area contributed by atoms with Crippen LogP contribution in [0.2, 0.25) is 0 Å². The Morgan fingerprint density at radius 3 is 2.75 bits per heavy atom. The molecule has 1 fully saturated rings. The zero-order chi connectivity index (χ0) is 19.7. The van der Waals surface area contributed by atoms with E-state index >= 15 is 0 Å². The monoisotopic (exact) mass is 503 g/mol. The summed E-state index contributed by atoms with van der Waals surface area (Å²) in [6.45, 7) is 12.3. The van der Waals surface area contributed by atoms with E-state index in [0.717, 1.165) is 50.8 Å². The van der Waals surface area contributed by atoms with Crippen LogP contribution in [-0.2, 0) is 11.2 Å². The van der Waals surface area contributed by atoms with Crippen LogP contribution in [0.1, 0.15) is 46.1 Å². The van der Waals surface area contributed by atoms with Crippen molar-refractivity contribution in [3.8, 4) is 5.75 Å². The molecule has 0 aromatic heterocycles. The van der Waals surface area contributed by atoms with Crippen molar-refractivity contribution in [2.75, 3.05) is 33.4 Å². The molecule has 2 atom stereocenters. The first kappa shape index (κ1) is 25.0. The van der Waals surface area contributed by atoms with E-state index in [1.807, 2.05) is 12.1 Å². The number of nitrogens with one attached hydrogen (secondary N) is 2. The third kappa shape index (κ3) is 8.15. The van der Waals surface area contributed by atoms with Crippen LogP contribution in [0.5, 0.6) is 5.75 Å². The number of rotatable bonds is 7. The molecule has 1 aliphatic heterocycles. The van der Waals surface area contributed by atoms with Gasteiger partial charge in [-0.3, -0.25) is 4.99 Å². The molecule has 160 valence electrons. The van der Waals surface area contributed by atoms with Crippen LogP contribution in [0.25, 0.3) is 0 Å². The van der Waals surface area contributed by atoms with Gasteiger partial charge in [-0.1, -0.05) is 32.9 Å². The average molecular weight is 503 g/mol. The third-order valence-electron chi connectivity index (χ3n) is 4.97. The van der Waals surface area contributed by atoms with E-state index in [4.69, 9.17) is 14.5 Å². The second-order valence-electron chi connectivity index (χ2n) is 8.31. The average Bonchev–Trinajstić information content (AvgIpc) is 2.66. The van der Waals surface area contributed by atoms with Crippen molar-refractivity contribution >= 4 is 29.9 Å². The zero-order valence-corrected chi connectivity index (χ0v) is 20.4. The number of aliphatic imine (C=N–C) groups is 1. The fraction of sp³-hybridized carbons (Fsp3) is 0.682. The predicted molar refractivity (Wildman–Crippen MR) is 128 cm³/mol. The molecule has 1 aromatic carbocycles. The largest absolute Gasteiger partial charge is 0.497 e. The molecular weight excluding hydrogens is 465 g/mol. The molecule has 0 bridgehead atoms. The highest BCUT2D eigenvalue weighted by Crippen LogP contribution is 2.34. The second-order valence-corrected chi connectivity index (χ2v) is 8.31. The molecule has 0 spiro atoms. The lowest BCUT2D eigenvalue weighted by atomic mass is 9.78. The fourth-order valence-electron chi connectivity index (χ4n) is 3.69. The lowest BCUT2D eigenvalue weighted by Gasteiger charge is -2.39. The summed E-state index contributed by atoms with van der Waals surface area (Å²) in [4.78, 5) is 4.86. The summed E-state index contributed by atoms with van der Waals surface area (Å²) in [5.74, 6) is 2.27. The molecule has 0 aliphatic carbocycles. The Labute approximate surface area is 188 Å². The van der Waals surface area contributed by atoms with Gasteiger partial charge in [-0.05, 0) is 49.3 Å². The molecule has 1 saturated heterocycles. The van der Waals surface area contributed by atoms with Crippen molar-refractivity contribution in [3.63, 3.8) is 0 Å². The van der Waals surface area contributed by atoms with Gasteiger partial charge in [0.1, 0.15) is 5.75 Å². The van der Waals surface area contributed by atoms with Gasteiger partial charge in [0.2, 0.25) is 0 Å². The van der Waals surface area contributed by atoms with Crippen LogP contribution in [0.15, 0.2) is 29.3 Å². The number of ether oxygens (including phenoxy) is 2. The maximum Gasteiger partial charge on any atom is 0.191 e. The quantitative estimate of drug-likeness (QED) is 0.332. The molecule has 2 unspecified atom stereocenters. The molecule has 0 radical (unpaired) electrons. The van der Waals surface area contributed by atoms with E-state index in [-0.39, 0.29) is 35.5 Å². The first-order valence-electron chi connectivity index (χ1n) is 10.2. The number of methoxy groups -OCH3 is 1. The Hall–Kier alpha value is -1.02. The Bertz CT molecular complexity index is 602. The summed E-state index contributed by atoms with van der Waals surface area (Å²) >= 11 is 0. The van der Waals surface area contributed by atoms with Crippen LogP contribution < -0.4 is 15.4 Å². The molecule has 1 aromatic rings. The maximum absolute atomic E-state index is 6.09. The number of benzene rings is 1. The number of halogens is 1. The van der Waals surface area contributed by atoms with Gasteiger partial charge in [0.05, 0.1) is 13.2 Å². The lowest BCUT2D eigenvalue weighted by molar-refractivity contribution is -0.0823. The molecule has 28 heavy (non-hydrogen) atoms. The first-order chi connectivity index (χ1) is 12.9. The van der Waals surface area contributed by atoms with Gasteiger partial charge in [-0.25, -0.2) is 0 Å². The highest BCUT2D eigenvalue weighted by Gasteiger charge is 2.35.